The highest BCUT2D eigenvalue weighted by Gasteiger charge is 2.25. The minimum absolute atomic E-state index is 0.0911. The quantitative estimate of drug-likeness (QED) is 0.425. The molecular formula is C22H19ClFN5O3. The molecule has 1 N–H and O–H groups in total. The van der Waals surface area contributed by atoms with Gasteiger partial charge in [0.1, 0.15) is 18.0 Å². The number of ether oxygens (including phenoxy) is 1. The lowest BCUT2D eigenvalue weighted by Gasteiger charge is -2.29. The largest absolute Gasteiger partial charge is 0.483 e. The van der Waals surface area contributed by atoms with Crippen molar-refractivity contribution in [3.63, 3.8) is 0 Å². The maximum Gasteiger partial charge on any atom is 0.311 e. The molecule has 0 aliphatic carbocycles. The van der Waals surface area contributed by atoms with Crippen molar-refractivity contribution in [1.29, 1.82) is 5.26 Å². The van der Waals surface area contributed by atoms with Gasteiger partial charge < -0.3 is 15.0 Å². The number of nitrogens with one attached hydrogen (secondary N) is 1. The second-order valence-electron chi connectivity index (χ2n) is 7.63. The van der Waals surface area contributed by atoms with Crippen LogP contribution in [0.3, 0.4) is 0 Å². The number of fused-ring (bicyclic) bond motifs is 1. The lowest BCUT2D eigenvalue weighted by Crippen LogP contribution is -2.35. The molecule has 2 heterocycles. The Morgan fingerprint density at radius 1 is 1.34 bits per heavy atom. The molecule has 32 heavy (non-hydrogen) atoms. The Labute approximate surface area is 188 Å². The Hall–Kier alpha value is -3.48. The topological polar surface area (TPSA) is 104 Å². The van der Waals surface area contributed by atoms with E-state index in [1.807, 2.05) is 13.1 Å². The highest BCUT2D eigenvalue weighted by Crippen LogP contribution is 2.38. The average molecular weight is 456 g/mol. The van der Waals surface area contributed by atoms with E-state index in [-0.39, 0.29) is 28.1 Å². The maximum absolute atomic E-state index is 13.5. The van der Waals surface area contributed by atoms with E-state index in [0.29, 0.717) is 22.3 Å². The van der Waals surface area contributed by atoms with Crippen LogP contribution in [0, 0.1) is 27.3 Å². The molecule has 10 heteroatoms. The van der Waals surface area contributed by atoms with Gasteiger partial charge in [-0.05, 0) is 38.1 Å². The molecule has 1 saturated heterocycles. The van der Waals surface area contributed by atoms with E-state index >= 15 is 0 Å². The Balaban J connectivity index is 1.78. The number of nitrogens with zero attached hydrogens (tertiary/aromatic N) is 4. The number of hydrogen-bond acceptors (Lipinski definition) is 7. The lowest BCUT2D eigenvalue weighted by atomic mass is 10.1. The molecule has 1 aliphatic heterocycles. The Morgan fingerprint density at radius 2 is 2.09 bits per heavy atom. The van der Waals surface area contributed by atoms with Gasteiger partial charge in [-0.15, -0.1) is 0 Å². The third-order valence-corrected chi connectivity index (χ3v) is 5.70. The first-order valence-electron chi connectivity index (χ1n) is 9.94. The highest BCUT2D eigenvalue weighted by molar-refractivity contribution is 6.31. The van der Waals surface area contributed by atoms with Crippen molar-refractivity contribution in [2.24, 2.45) is 0 Å². The zero-order chi connectivity index (χ0) is 22.8. The number of hydrogen-bond donors (Lipinski definition) is 1. The third kappa shape index (κ3) is 4.42. The molecule has 0 radical (unpaired) electrons. The summed E-state index contributed by atoms with van der Waals surface area (Å²) in [7, 11) is 2.02. The summed E-state index contributed by atoms with van der Waals surface area (Å²) in [5.74, 6) is -0.436. The first-order chi connectivity index (χ1) is 15.4. The number of piperidine rings is 1. The van der Waals surface area contributed by atoms with Crippen molar-refractivity contribution in [3.8, 4) is 11.8 Å². The fourth-order valence-corrected chi connectivity index (χ4v) is 3.85. The minimum Gasteiger partial charge on any atom is -0.483 e. The van der Waals surface area contributed by atoms with Gasteiger partial charge in [0.25, 0.3) is 0 Å². The molecule has 1 aliphatic rings. The van der Waals surface area contributed by atoms with E-state index in [1.165, 1.54) is 36.5 Å². The van der Waals surface area contributed by atoms with Crippen molar-refractivity contribution < 1.29 is 14.1 Å². The molecular weight excluding hydrogens is 437 g/mol. The maximum atomic E-state index is 13.5. The van der Waals surface area contributed by atoms with E-state index in [0.717, 1.165) is 25.9 Å². The van der Waals surface area contributed by atoms with Crippen molar-refractivity contribution in [3.05, 3.63) is 63.0 Å². The number of rotatable bonds is 5. The minimum atomic E-state index is -0.580. The van der Waals surface area contributed by atoms with Crippen LogP contribution in [0.5, 0.6) is 5.75 Å². The van der Waals surface area contributed by atoms with E-state index in [9.17, 15) is 19.8 Å². The molecule has 4 rings (SSSR count). The monoisotopic (exact) mass is 455 g/mol. The number of nitro groups is 1. The summed E-state index contributed by atoms with van der Waals surface area (Å²) in [5.41, 5.74) is 1.13. The molecule has 0 amide bonds. The summed E-state index contributed by atoms with van der Waals surface area (Å²) in [6.45, 7) is 1.70. The van der Waals surface area contributed by atoms with Gasteiger partial charge in [-0.2, -0.15) is 5.26 Å². The SMILES string of the molecule is CN1CCC(Oc2cc3ncc(C#N)c(Nc4ccc(F)c(Cl)c4)c3cc2[N+](=O)[O-])CC1. The van der Waals surface area contributed by atoms with Crippen molar-refractivity contribution >= 4 is 39.6 Å². The molecule has 0 bridgehead atoms. The number of nitro benzene ring substituents is 1. The smallest absolute Gasteiger partial charge is 0.311 e. The van der Waals surface area contributed by atoms with Gasteiger partial charge in [-0.25, -0.2) is 4.39 Å². The number of anilines is 2. The second-order valence-corrected chi connectivity index (χ2v) is 8.03. The molecule has 3 aromatic rings. The summed E-state index contributed by atoms with van der Waals surface area (Å²) < 4.78 is 19.5. The Bertz CT molecular complexity index is 1240. The van der Waals surface area contributed by atoms with Crippen LogP contribution in [0.4, 0.5) is 21.5 Å². The van der Waals surface area contributed by atoms with Gasteiger partial charge >= 0.3 is 5.69 Å². The van der Waals surface area contributed by atoms with E-state index in [4.69, 9.17) is 16.3 Å². The van der Waals surface area contributed by atoms with Crippen molar-refractivity contribution in [2.45, 2.75) is 18.9 Å². The number of nitriles is 1. The predicted octanol–water partition coefficient (Wildman–Crippen LogP) is 5.02. The van der Waals surface area contributed by atoms with Gasteiger partial charge in [0, 0.05) is 42.5 Å². The summed E-state index contributed by atoms with van der Waals surface area (Å²) in [6.07, 6.45) is 2.79. The molecule has 0 atom stereocenters. The average Bonchev–Trinajstić information content (AvgIpc) is 2.77. The van der Waals surface area contributed by atoms with Crippen molar-refractivity contribution in [2.75, 3.05) is 25.5 Å². The van der Waals surface area contributed by atoms with Crippen LogP contribution in [0.15, 0.2) is 36.5 Å². The van der Waals surface area contributed by atoms with E-state index < -0.39 is 10.7 Å². The number of aromatic nitrogens is 1. The van der Waals surface area contributed by atoms with Crippen LogP contribution < -0.4 is 10.1 Å². The molecule has 0 saturated carbocycles. The van der Waals surface area contributed by atoms with Gasteiger partial charge in [0.15, 0.2) is 5.75 Å². The third-order valence-electron chi connectivity index (χ3n) is 5.41. The number of pyridine rings is 1. The normalized spacial score (nSPS) is 14.8. The van der Waals surface area contributed by atoms with Crippen LogP contribution in [0.25, 0.3) is 10.9 Å². The van der Waals surface area contributed by atoms with Gasteiger partial charge in [-0.3, -0.25) is 15.1 Å². The molecule has 164 valence electrons. The van der Waals surface area contributed by atoms with Gasteiger partial charge in [0.05, 0.1) is 26.7 Å². The Morgan fingerprint density at radius 3 is 2.75 bits per heavy atom. The fourth-order valence-electron chi connectivity index (χ4n) is 3.67. The molecule has 2 aromatic carbocycles. The van der Waals surface area contributed by atoms with Crippen molar-refractivity contribution in [1.82, 2.24) is 9.88 Å². The number of benzene rings is 2. The number of halogens is 2. The van der Waals surface area contributed by atoms with Crippen LogP contribution in [-0.2, 0) is 0 Å². The molecule has 1 aromatic heterocycles. The lowest BCUT2D eigenvalue weighted by molar-refractivity contribution is -0.386. The zero-order valence-electron chi connectivity index (χ0n) is 17.1. The first-order valence-corrected chi connectivity index (χ1v) is 10.3. The van der Waals surface area contributed by atoms with E-state index in [2.05, 4.69) is 15.2 Å². The van der Waals surface area contributed by atoms with E-state index in [1.54, 1.807) is 0 Å². The fraction of sp³-hybridized carbons (Fsp3) is 0.273. The molecule has 8 nitrogen and oxygen atoms in total. The number of likely N-dealkylation sites (tertiary alicyclic amines) is 1. The molecule has 0 unspecified atom stereocenters. The van der Waals surface area contributed by atoms with Gasteiger partial charge in [-0.1, -0.05) is 11.6 Å². The predicted molar refractivity (Wildman–Crippen MR) is 119 cm³/mol. The van der Waals surface area contributed by atoms with Crippen LogP contribution >= 0.6 is 11.6 Å². The highest BCUT2D eigenvalue weighted by atomic mass is 35.5. The molecule has 1 fully saturated rings. The standard InChI is InChI=1S/C22H19ClFN5O3/c1-28-6-4-15(5-7-28)32-21-10-19-16(9-20(21)29(30)31)22(13(11-25)12-26-19)27-14-2-3-18(24)17(23)8-14/h2-3,8-10,12,15H,4-7H2,1H3,(H,26,27). The summed E-state index contributed by atoms with van der Waals surface area (Å²) in [6, 6.07) is 8.92. The van der Waals surface area contributed by atoms with Crippen LogP contribution in [0.2, 0.25) is 5.02 Å². The summed E-state index contributed by atoms with van der Waals surface area (Å²) in [4.78, 5) is 17.8. The zero-order valence-corrected chi connectivity index (χ0v) is 17.9. The van der Waals surface area contributed by atoms with Crippen LogP contribution in [-0.4, -0.2) is 41.0 Å². The van der Waals surface area contributed by atoms with Crippen LogP contribution in [0.1, 0.15) is 18.4 Å². The molecule has 0 spiro atoms. The Kier molecular flexibility index (Phi) is 6.08. The second kappa shape index (κ2) is 8.94. The summed E-state index contributed by atoms with van der Waals surface area (Å²) in [5, 5.41) is 24.7. The summed E-state index contributed by atoms with van der Waals surface area (Å²) >= 11 is 5.86. The first kappa shape index (κ1) is 21.7. The van der Waals surface area contributed by atoms with Gasteiger partial charge in [0.2, 0.25) is 0 Å².